The van der Waals surface area contributed by atoms with Crippen molar-refractivity contribution in [3.8, 4) is 5.75 Å². The molecule has 0 bridgehead atoms. The van der Waals surface area contributed by atoms with Crippen LogP contribution >= 0.6 is 0 Å². The summed E-state index contributed by atoms with van der Waals surface area (Å²) in [5, 5.41) is 13.2. The first-order valence-electron chi connectivity index (χ1n) is 7.34. The summed E-state index contributed by atoms with van der Waals surface area (Å²) >= 11 is 0. The lowest BCUT2D eigenvalue weighted by Gasteiger charge is -2.11. The number of benzene rings is 2. The largest absolute Gasteiger partial charge is 0.508 e. The van der Waals surface area contributed by atoms with Gasteiger partial charge in [0.1, 0.15) is 5.75 Å². The highest BCUT2D eigenvalue weighted by atomic mass is 16.5. The van der Waals surface area contributed by atoms with E-state index >= 15 is 0 Å². The van der Waals surface area contributed by atoms with Gasteiger partial charge >= 0.3 is 0 Å². The minimum atomic E-state index is 0.343. The minimum Gasteiger partial charge on any atom is -0.508 e. The number of rotatable bonds is 7. The van der Waals surface area contributed by atoms with Crippen LogP contribution in [0, 0.1) is 6.92 Å². The summed E-state index contributed by atoms with van der Waals surface area (Å²) in [6.07, 6.45) is 0. The molecular weight excluding hydrogens is 262 g/mol. The first-order valence-corrected chi connectivity index (χ1v) is 7.34. The highest BCUT2D eigenvalue weighted by Gasteiger charge is 2.04. The molecule has 0 heterocycles. The van der Waals surface area contributed by atoms with Crippen molar-refractivity contribution in [2.75, 3.05) is 6.61 Å². The number of hydrogen-bond donors (Lipinski definition) is 2. The second-order valence-corrected chi connectivity index (χ2v) is 5.14. The van der Waals surface area contributed by atoms with Crippen LogP contribution in [0.25, 0.3) is 0 Å². The third-order valence-electron chi connectivity index (χ3n) is 3.45. The molecule has 2 aromatic rings. The zero-order chi connectivity index (χ0) is 15.1. The molecule has 0 spiro atoms. The second kappa shape index (κ2) is 7.81. The number of nitrogens with one attached hydrogen (secondary N) is 1. The molecule has 0 amide bonds. The van der Waals surface area contributed by atoms with Crippen molar-refractivity contribution in [1.82, 2.24) is 5.32 Å². The lowest BCUT2D eigenvalue weighted by atomic mass is 10.1. The van der Waals surface area contributed by atoms with E-state index in [1.54, 1.807) is 6.07 Å². The van der Waals surface area contributed by atoms with Crippen molar-refractivity contribution in [2.24, 2.45) is 0 Å². The van der Waals surface area contributed by atoms with Crippen molar-refractivity contribution in [3.05, 3.63) is 64.7 Å². The van der Waals surface area contributed by atoms with E-state index in [0.29, 0.717) is 18.9 Å². The fraction of sp³-hybridized carbons (Fsp3) is 0.333. The highest BCUT2D eigenvalue weighted by molar-refractivity contribution is 5.35. The van der Waals surface area contributed by atoms with Gasteiger partial charge in [-0.2, -0.15) is 0 Å². The number of aryl methyl sites for hydroxylation is 1. The van der Waals surface area contributed by atoms with E-state index in [1.165, 1.54) is 11.1 Å². The van der Waals surface area contributed by atoms with Gasteiger partial charge in [-0.1, -0.05) is 42.0 Å². The Labute approximate surface area is 126 Å². The van der Waals surface area contributed by atoms with E-state index in [9.17, 15) is 5.11 Å². The third kappa shape index (κ3) is 4.59. The standard InChI is InChI=1S/C18H23NO2/c1-3-21-13-16-7-5-4-6-15(16)11-19-12-17-10-14(2)8-9-18(17)20/h4-10,19-20H,3,11-13H2,1-2H3. The van der Waals surface area contributed by atoms with Crippen LogP contribution in [-0.4, -0.2) is 11.7 Å². The monoisotopic (exact) mass is 285 g/mol. The van der Waals surface area contributed by atoms with Gasteiger partial charge in [-0.25, -0.2) is 0 Å². The summed E-state index contributed by atoms with van der Waals surface area (Å²) in [5.41, 5.74) is 4.53. The van der Waals surface area contributed by atoms with E-state index in [4.69, 9.17) is 4.74 Å². The lowest BCUT2D eigenvalue weighted by Crippen LogP contribution is -2.14. The summed E-state index contributed by atoms with van der Waals surface area (Å²) in [6, 6.07) is 13.9. The molecular formula is C18H23NO2. The summed E-state index contributed by atoms with van der Waals surface area (Å²) in [5.74, 6) is 0.343. The number of ether oxygens (including phenoxy) is 1. The molecule has 2 N–H and O–H groups in total. The molecule has 0 aliphatic heterocycles. The summed E-state index contributed by atoms with van der Waals surface area (Å²) < 4.78 is 5.49. The molecule has 0 saturated heterocycles. The van der Waals surface area contributed by atoms with Crippen molar-refractivity contribution >= 4 is 0 Å². The smallest absolute Gasteiger partial charge is 0.120 e. The number of hydrogen-bond acceptors (Lipinski definition) is 3. The molecule has 112 valence electrons. The fourth-order valence-electron chi connectivity index (χ4n) is 2.27. The molecule has 0 atom stereocenters. The van der Waals surface area contributed by atoms with Gasteiger partial charge in [0.05, 0.1) is 6.61 Å². The Morgan fingerprint density at radius 1 is 1.00 bits per heavy atom. The zero-order valence-electron chi connectivity index (χ0n) is 12.7. The van der Waals surface area contributed by atoms with Crippen LogP contribution in [0.4, 0.5) is 0 Å². The van der Waals surface area contributed by atoms with Crippen LogP contribution in [0.3, 0.4) is 0 Å². The van der Waals surface area contributed by atoms with Crippen LogP contribution < -0.4 is 5.32 Å². The molecule has 0 fully saturated rings. The first-order chi connectivity index (χ1) is 10.2. The van der Waals surface area contributed by atoms with Crippen LogP contribution in [0.2, 0.25) is 0 Å². The quantitative estimate of drug-likeness (QED) is 0.817. The van der Waals surface area contributed by atoms with Gasteiger partial charge in [-0.3, -0.25) is 0 Å². The van der Waals surface area contributed by atoms with Crippen molar-refractivity contribution in [2.45, 2.75) is 33.5 Å². The zero-order valence-corrected chi connectivity index (χ0v) is 12.7. The first kappa shape index (κ1) is 15.5. The Hall–Kier alpha value is -1.84. The van der Waals surface area contributed by atoms with Gasteiger partial charge in [-0.05, 0) is 31.0 Å². The van der Waals surface area contributed by atoms with Crippen molar-refractivity contribution < 1.29 is 9.84 Å². The summed E-state index contributed by atoms with van der Waals surface area (Å²) in [6.45, 7) is 6.80. The Morgan fingerprint density at radius 3 is 2.48 bits per heavy atom. The normalized spacial score (nSPS) is 10.8. The maximum atomic E-state index is 9.84. The SMILES string of the molecule is CCOCc1ccccc1CNCc1cc(C)ccc1O. The minimum absolute atomic E-state index is 0.343. The van der Waals surface area contributed by atoms with E-state index in [-0.39, 0.29) is 0 Å². The van der Waals surface area contributed by atoms with Gasteiger partial charge in [0, 0.05) is 25.3 Å². The Morgan fingerprint density at radius 2 is 1.71 bits per heavy atom. The van der Waals surface area contributed by atoms with Crippen LogP contribution in [0.5, 0.6) is 5.75 Å². The fourth-order valence-corrected chi connectivity index (χ4v) is 2.27. The molecule has 0 radical (unpaired) electrons. The molecule has 21 heavy (non-hydrogen) atoms. The predicted molar refractivity (Wildman–Crippen MR) is 85.2 cm³/mol. The van der Waals surface area contributed by atoms with Crippen LogP contribution in [-0.2, 0) is 24.4 Å². The van der Waals surface area contributed by atoms with Gasteiger partial charge in [0.2, 0.25) is 0 Å². The molecule has 2 aromatic carbocycles. The molecule has 0 unspecified atom stereocenters. The second-order valence-electron chi connectivity index (χ2n) is 5.14. The van der Waals surface area contributed by atoms with E-state index in [0.717, 1.165) is 24.3 Å². The Balaban J connectivity index is 1.95. The average molecular weight is 285 g/mol. The summed E-state index contributed by atoms with van der Waals surface area (Å²) in [7, 11) is 0. The molecule has 0 aliphatic carbocycles. The van der Waals surface area contributed by atoms with Crippen molar-refractivity contribution in [1.29, 1.82) is 0 Å². The number of phenols is 1. The molecule has 3 nitrogen and oxygen atoms in total. The maximum absolute atomic E-state index is 9.84. The Bertz CT molecular complexity index is 581. The molecule has 0 aromatic heterocycles. The molecule has 0 aliphatic rings. The number of phenolic OH excluding ortho intramolecular Hbond substituents is 1. The van der Waals surface area contributed by atoms with Crippen molar-refractivity contribution in [3.63, 3.8) is 0 Å². The Kier molecular flexibility index (Phi) is 5.78. The van der Waals surface area contributed by atoms with Gasteiger partial charge in [-0.15, -0.1) is 0 Å². The average Bonchev–Trinajstić information content (AvgIpc) is 2.50. The predicted octanol–water partition coefficient (Wildman–Crippen LogP) is 3.53. The van der Waals surface area contributed by atoms with Gasteiger partial charge < -0.3 is 15.2 Å². The maximum Gasteiger partial charge on any atom is 0.120 e. The summed E-state index contributed by atoms with van der Waals surface area (Å²) in [4.78, 5) is 0. The van der Waals surface area contributed by atoms with Gasteiger partial charge in [0.25, 0.3) is 0 Å². The molecule has 0 saturated carbocycles. The van der Waals surface area contributed by atoms with E-state index in [1.807, 2.05) is 38.1 Å². The topological polar surface area (TPSA) is 41.5 Å². The third-order valence-corrected chi connectivity index (χ3v) is 3.45. The highest BCUT2D eigenvalue weighted by Crippen LogP contribution is 2.18. The van der Waals surface area contributed by atoms with Gasteiger partial charge in [0.15, 0.2) is 0 Å². The van der Waals surface area contributed by atoms with Crippen LogP contribution in [0.1, 0.15) is 29.2 Å². The van der Waals surface area contributed by atoms with E-state index < -0.39 is 0 Å². The number of aromatic hydroxyl groups is 1. The lowest BCUT2D eigenvalue weighted by molar-refractivity contribution is 0.133. The van der Waals surface area contributed by atoms with E-state index in [2.05, 4.69) is 17.4 Å². The molecule has 3 heteroatoms. The molecule has 2 rings (SSSR count). The van der Waals surface area contributed by atoms with Crippen LogP contribution in [0.15, 0.2) is 42.5 Å².